The molecule has 1 aromatic heterocycles. The van der Waals surface area contributed by atoms with Crippen LogP contribution in [0.1, 0.15) is 37.5 Å². The highest BCUT2D eigenvalue weighted by Crippen LogP contribution is 2.21. The molecule has 0 spiro atoms. The van der Waals surface area contributed by atoms with Gasteiger partial charge in [-0.1, -0.05) is 24.3 Å². The number of alkyl carbamates (subject to hydrolysis) is 1. The first-order chi connectivity index (χ1) is 12.7. The van der Waals surface area contributed by atoms with Crippen molar-refractivity contribution >= 4 is 44.0 Å². The molecule has 0 saturated carbocycles. The van der Waals surface area contributed by atoms with Crippen LogP contribution in [0.15, 0.2) is 30.6 Å². The number of ether oxygens (including phenoxy) is 1. The van der Waals surface area contributed by atoms with Gasteiger partial charge >= 0.3 is 6.09 Å². The van der Waals surface area contributed by atoms with Gasteiger partial charge < -0.3 is 21.1 Å². The summed E-state index contributed by atoms with van der Waals surface area (Å²) in [4.78, 5) is 19.8. The lowest BCUT2D eigenvalue weighted by Crippen LogP contribution is -2.32. The number of halogens is 1. The van der Waals surface area contributed by atoms with E-state index >= 15 is 0 Å². The second kappa shape index (κ2) is 8.98. The summed E-state index contributed by atoms with van der Waals surface area (Å²) >= 11 is 1.88. The fourth-order valence-corrected chi connectivity index (χ4v) is 2.73. The summed E-state index contributed by atoms with van der Waals surface area (Å²) in [7, 11) is 0. The molecule has 1 amide bonds. The number of hydrogen-bond acceptors (Lipinski definition) is 7. The Balaban J connectivity index is 1.92. The molecule has 0 saturated heterocycles. The molecule has 144 valence electrons. The molecule has 9 heteroatoms. The molecule has 0 atom stereocenters. The van der Waals surface area contributed by atoms with Crippen molar-refractivity contribution in [3.63, 3.8) is 0 Å². The topological polar surface area (TPSA) is 126 Å². The normalized spacial score (nSPS) is 11.0. The van der Waals surface area contributed by atoms with Crippen molar-refractivity contribution in [2.24, 2.45) is 0 Å². The lowest BCUT2D eigenvalue weighted by Gasteiger charge is -2.19. The van der Waals surface area contributed by atoms with Crippen LogP contribution in [0.3, 0.4) is 0 Å². The minimum atomic E-state index is -0.517. The van der Waals surface area contributed by atoms with Gasteiger partial charge in [0.05, 0.1) is 5.56 Å². The molecular formula is C18H23IN6O2. The van der Waals surface area contributed by atoms with E-state index in [1.807, 2.05) is 67.6 Å². The summed E-state index contributed by atoms with van der Waals surface area (Å²) in [6.07, 6.45) is 0.926. The molecular weight excluding hydrogens is 459 g/mol. The second-order valence-electron chi connectivity index (χ2n) is 6.82. The highest BCUT2D eigenvalue weighted by molar-refractivity contribution is 14.1. The Morgan fingerprint density at radius 1 is 1.19 bits per heavy atom. The number of nitrogens with two attached hydrogens (primary N) is 1. The second-order valence-corrected chi connectivity index (χ2v) is 7.90. The Kier molecular flexibility index (Phi) is 6.94. The number of anilines is 2. The minimum Gasteiger partial charge on any atom is -0.444 e. The van der Waals surface area contributed by atoms with Gasteiger partial charge in [-0.2, -0.15) is 0 Å². The highest BCUT2D eigenvalue weighted by Gasteiger charge is 2.15. The summed E-state index contributed by atoms with van der Waals surface area (Å²) in [5.74, 6) is 0.799. The Hall–Kier alpha value is -2.43. The Morgan fingerprint density at radius 2 is 1.78 bits per heavy atom. The predicted octanol–water partition coefficient (Wildman–Crippen LogP) is 3.46. The number of nitrogen functional groups attached to an aromatic ring is 1. The fourth-order valence-electron chi connectivity index (χ4n) is 2.20. The van der Waals surface area contributed by atoms with E-state index in [0.29, 0.717) is 24.5 Å². The van der Waals surface area contributed by atoms with Gasteiger partial charge in [-0.15, -0.1) is 0 Å². The molecule has 0 aliphatic rings. The van der Waals surface area contributed by atoms with Crippen LogP contribution >= 0.6 is 22.6 Å². The van der Waals surface area contributed by atoms with Gasteiger partial charge in [0, 0.05) is 13.1 Å². The quantitative estimate of drug-likeness (QED) is 0.369. The maximum atomic E-state index is 11.7. The lowest BCUT2D eigenvalue weighted by atomic mass is 10.1. The van der Waals surface area contributed by atoms with Crippen LogP contribution in [0.2, 0.25) is 0 Å². The van der Waals surface area contributed by atoms with Gasteiger partial charge in [0.15, 0.2) is 0 Å². The van der Waals surface area contributed by atoms with Gasteiger partial charge in [-0.3, -0.25) is 5.41 Å². The Morgan fingerprint density at radius 3 is 2.33 bits per heavy atom. The van der Waals surface area contributed by atoms with E-state index < -0.39 is 11.7 Å². The molecule has 27 heavy (non-hydrogen) atoms. The number of rotatable bonds is 6. The summed E-state index contributed by atoms with van der Waals surface area (Å²) in [5, 5.41) is 13.7. The van der Waals surface area contributed by atoms with Crippen molar-refractivity contribution in [1.82, 2.24) is 15.3 Å². The third kappa shape index (κ3) is 6.66. The number of nitrogens with one attached hydrogen (secondary N) is 3. The zero-order chi connectivity index (χ0) is 20.0. The van der Waals surface area contributed by atoms with Crippen molar-refractivity contribution in [3.8, 4) is 0 Å². The molecule has 0 aliphatic heterocycles. The maximum Gasteiger partial charge on any atom is 0.407 e. The number of benzene rings is 1. The number of aromatic nitrogens is 2. The van der Waals surface area contributed by atoms with Crippen LogP contribution in [0.25, 0.3) is 0 Å². The van der Waals surface area contributed by atoms with Crippen molar-refractivity contribution in [3.05, 3.63) is 47.3 Å². The van der Waals surface area contributed by atoms with Gasteiger partial charge in [-0.05, 0) is 54.5 Å². The molecule has 2 aromatic rings. The summed E-state index contributed by atoms with van der Waals surface area (Å²) in [5.41, 5.74) is 7.80. The molecule has 0 radical (unpaired) electrons. The zero-order valence-electron chi connectivity index (χ0n) is 15.5. The van der Waals surface area contributed by atoms with Crippen molar-refractivity contribution in [1.29, 1.82) is 5.41 Å². The largest absolute Gasteiger partial charge is 0.444 e. The standard InChI is InChI=1S/C18H23IN6O2/c1-18(2,3)27-17(26)23-9-12-6-4-11(5-7-12)8-22-16-13(14(19)20)15(21)24-10-25-16/h4-7,10,20H,8-9H2,1-3H3,(H,23,26)(H3,21,22,24,25). The van der Waals surface area contributed by atoms with E-state index in [0.717, 1.165) is 11.1 Å². The van der Waals surface area contributed by atoms with Crippen LogP contribution in [0, 0.1) is 5.41 Å². The van der Waals surface area contributed by atoms with E-state index in [1.165, 1.54) is 6.33 Å². The van der Waals surface area contributed by atoms with Crippen LogP contribution in [-0.2, 0) is 17.8 Å². The van der Waals surface area contributed by atoms with Crippen LogP contribution in [0.4, 0.5) is 16.4 Å². The van der Waals surface area contributed by atoms with Crippen LogP contribution < -0.4 is 16.4 Å². The Bertz CT molecular complexity index is 818. The van der Waals surface area contributed by atoms with Crippen LogP contribution in [-0.4, -0.2) is 25.4 Å². The number of carbonyl (C=O) groups is 1. The average Bonchev–Trinajstić information content (AvgIpc) is 2.57. The highest BCUT2D eigenvalue weighted by atomic mass is 127. The third-order valence-electron chi connectivity index (χ3n) is 3.41. The van der Waals surface area contributed by atoms with Gasteiger partial charge in [0.2, 0.25) is 0 Å². The number of nitrogens with zero attached hydrogens (tertiary/aromatic N) is 2. The first-order valence-corrected chi connectivity index (χ1v) is 9.37. The molecule has 0 fully saturated rings. The first-order valence-electron chi connectivity index (χ1n) is 8.29. The molecule has 8 nitrogen and oxygen atoms in total. The van der Waals surface area contributed by atoms with Gasteiger partial charge in [-0.25, -0.2) is 14.8 Å². The molecule has 0 aliphatic carbocycles. The lowest BCUT2D eigenvalue weighted by molar-refractivity contribution is 0.0523. The molecule has 2 rings (SSSR count). The smallest absolute Gasteiger partial charge is 0.407 e. The molecule has 1 heterocycles. The summed E-state index contributed by atoms with van der Waals surface area (Å²) in [6.45, 7) is 6.38. The van der Waals surface area contributed by atoms with E-state index in [-0.39, 0.29) is 9.54 Å². The minimum absolute atomic E-state index is 0.274. The monoisotopic (exact) mass is 482 g/mol. The number of amides is 1. The van der Waals surface area contributed by atoms with Crippen molar-refractivity contribution in [2.75, 3.05) is 11.1 Å². The van der Waals surface area contributed by atoms with Gasteiger partial charge in [0.25, 0.3) is 0 Å². The molecule has 0 unspecified atom stereocenters. The summed E-state index contributed by atoms with van der Waals surface area (Å²) in [6, 6.07) is 7.78. The van der Waals surface area contributed by atoms with Crippen molar-refractivity contribution in [2.45, 2.75) is 39.5 Å². The van der Waals surface area contributed by atoms with E-state index in [9.17, 15) is 4.79 Å². The average molecular weight is 482 g/mol. The molecule has 5 N–H and O–H groups in total. The third-order valence-corrected chi connectivity index (χ3v) is 3.95. The summed E-state index contributed by atoms with van der Waals surface area (Å²) < 4.78 is 5.49. The fraction of sp³-hybridized carbons (Fsp3) is 0.333. The first kappa shape index (κ1) is 20.9. The SMILES string of the molecule is CC(C)(C)OC(=O)NCc1ccc(CNc2ncnc(N)c2C(=N)I)cc1. The van der Waals surface area contributed by atoms with E-state index in [1.54, 1.807) is 0 Å². The maximum absolute atomic E-state index is 11.7. The Labute approximate surface area is 172 Å². The van der Waals surface area contributed by atoms with E-state index in [2.05, 4.69) is 20.6 Å². The van der Waals surface area contributed by atoms with Crippen molar-refractivity contribution < 1.29 is 9.53 Å². The number of carbonyl (C=O) groups excluding carboxylic acids is 1. The van der Waals surface area contributed by atoms with E-state index in [4.69, 9.17) is 15.9 Å². The van der Waals surface area contributed by atoms with Crippen LogP contribution in [0.5, 0.6) is 0 Å². The molecule has 1 aromatic carbocycles. The number of hydrogen-bond donors (Lipinski definition) is 4. The van der Waals surface area contributed by atoms with Gasteiger partial charge in [0.1, 0.15) is 27.3 Å². The zero-order valence-corrected chi connectivity index (χ0v) is 17.6. The predicted molar refractivity (Wildman–Crippen MR) is 114 cm³/mol. The molecule has 0 bridgehead atoms.